The summed E-state index contributed by atoms with van der Waals surface area (Å²) in [7, 11) is -3.80. The molecule has 1 radical (unpaired) electrons. The maximum Gasteiger partial charge on any atom is 0.233 e. The monoisotopic (exact) mass is 386 g/mol. The zero-order valence-corrected chi connectivity index (χ0v) is 15.2. The fourth-order valence-electron chi connectivity index (χ4n) is 2.45. The van der Waals surface area contributed by atoms with Crippen molar-refractivity contribution in [2.24, 2.45) is 0 Å². The first kappa shape index (κ1) is 18.0. The Morgan fingerprint density at radius 2 is 2.08 bits per heavy atom. The van der Waals surface area contributed by atoms with Crippen molar-refractivity contribution in [1.82, 2.24) is 4.98 Å². The van der Waals surface area contributed by atoms with Crippen LogP contribution < -0.4 is 5.32 Å². The van der Waals surface area contributed by atoms with Crippen LogP contribution in [0, 0.1) is 23.3 Å². The molecule has 0 unspecified atom stereocenters. The molecule has 0 bridgehead atoms. The van der Waals surface area contributed by atoms with Gasteiger partial charge >= 0.3 is 0 Å². The van der Waals surface area contributed by atoms with E-state index in [-0.39, 0.29) is 20.6 Å². The molecule has 0 aliphatic carbocycles. The van der Waals surface area contributed by atoms with Gasteiger partial charge in [0.05, 0.1) is 22.2 Å². The Balaban J connectivity index is 1.93. The van der Waals surface area contributed by atoms with Crippen LogP contribution in [0.3, 0.4) is 0 Å². The summed E-state index contributed by atoms with van der Waals surface area (Å²) < 4.78 is 38.9. The van der Waals surface area contributed by atoms with Crippen molar-refractivity contribution in [1.29, 1.82) is 5.26 Å². The molecule has 0 aliphatic heterocycles. The Hall–Kier alpha value is -2.76. The molecule has 0 spiro atoms. The zero-order valence-electron chi connectivity index (χ0n) is 13.6. The van der Waals surface area contributed by atoms with Crippen molar-refractivity contribution in [2.45, 2.75) is 22.2 Å². The Morgan fingerprint density at radius 3 is 2.73 bits per heavy atom. The summed E-state index contributed by atoms with van der Waals surface area (Å²) in [6.07, 6.45) is 2.47. The van der Waals surface area contributed by atoms with Crippen molar-refractivity contribution >= 4 is 26.9 Å². The van der Waals surface area contributed by atoms with Gasteiger partial charge in [-0.05, 0) is 31.2 Å². The number of nitriles is 1. The van der Waals surface area contributed by atoms with Crippen LogP contribution in [0.4, 0.5) is 10.1 Å². The van der Waals surface area contributed by atoms with E-state index >= 15 is 0 Å². The third-order valence-electron chi connectivity index (χ3n) is 3.76. The summed E-state index contributed by atoms with van der Waals surface area (Å²) >= 11 is 0.957. The van der Waals surface area contributed by atoms with E-state index in [0.29, 0.717) is 11.3 Å². The van der Waals surface area contributed by atoms with Gasteiger partial charge in [-0.2, -0.15) is 5.26 Å². The standard InChI is InChI=1S/C18H13FN3O2S2/c1-12(15-4-2-3-5-16(15)19)22-17-7-6-14(10-13(17)11-20)26(23,24)18-21-8-9-25-18/h2-7,9-10,12,22H,1H3/t12-/m0/s1. The molecule has 131 valence electrons. The van der Waals surface area contributed by atoms with Crippen LogP contribution in [0.25, 0.3) is 0 Å². The second-order valence-electron chi connectivity index (χ2n) is 5.45. The van der Waals surface area contributed by atoms with E-state index in [1.807, 2.05) is 6.07 Å². The molecular weight excluding hydrogens is 373 g/mol. The molecule has 5 nitrogen and oxygen atoms in total. The molecule has 0 saturated heterocycles. The van der Waals surface area contributed by atoms with E-state index in [9.17, 15) is 18.1 Å². The van der Waals surface area contributed by atoms with Crippen molar-refractivity contribution in [3.63, 3.8) is 0 Å². The Labute approximate surface area is 154 Å². The Bertz CT molecular complexity index is 1070. The van der Waals surface area contributed by atoms with Gasteiger partial charge in [0, 0.05) is 10.9 Å². The molecule has 1 atom stereocenters. The predicted octanol–water partition coefficient (Wildman–Crippen LogP) is 3.96. The molecule has 8 heteroatoms. The van der Waals surface area contributed by atoms with Crippen LogP contribution in [0.2, 0.25) is 0 Å². The average molecular weight is 386 g/mol. The molecule has 0 saturated carbocycles. The van der Waals surface area contributed by atoms with Gasteiger partial charge in [0.1, 0.15) is 18.1 Å². The number of halogens is 1. The maximum atomic E-state index is 13.9. The molecule has 3 aromatic rings. The molecule has 0 amide bonds. The van der Waals surface area contributed by atoms with Gasteiger partial charge in [0.15, 0.2) is 0 Å². The third kappa shape index (κ3) is 3.45. The number of benzene rings is 2. The normalized spacial score (nSPS) is 12.3. The number of nitrogens with one attached hydrogen (secondary N) is 1. The van der Waals surface area contributed by atoms with Crippen molar-refractivity contribution < 1.29 is 12.8 Å². The molecule has 3 rings (SSSR count). The number of nitrogens with zero attached hydrogens (tertiary/aromatic N) is 2. The number of hydrogen-bond acceptors (Lipinski definition) is 6. The molecule has 1 aromatic heterocycles. The number of aromatic nitrogens is 1. The van der Waals surface area contributed by atoms with Crippen LogP contribution in [0.5, 0.6) is 0 Å². The topological polar surface area (TPSA) is 82.8 Å². The minimum absolute atomic E-state index is 0.0264. The van der Waals surface area contributed by atoms with Crippen LogP contribution in [0.15, 0.2) is 57.1 Å². The first-order valence-electron chi connectivity index (χ1n) is 7.55. The van der Waals surface area contributed by atoms with E-state index in [0.717, 1.165) is 11.3 Å². The predicted molar refractivity (Wildman–Crippen MR) is 96.0 cm³/mol. The van der Waals surface area contributed by atoms with Gasteiger partial charge in [-0.25, -0.2) is 17.8 Å². The van der Waals surface area contributed by atoms with Crippen molar-refractivity contribution in [3.8, 4) is 6.07 Å². The van der Waals surface area contributed by atoms with Gasteiger partial charge in [0.25, 0.3) is 0 Å². The second-order valence-corrected chi connectivity index (χ2v) is 8.43. The largest absolute Gasteiger partial charge is 0.377 e. The van der Waals surface area contributed by atoms with Gasteiger partial charge < -0.3 is 5.32 Å². The number of rotatable bonds is 5. The van der Waals surface area contributed by atoms with E-state index in [4.69, 9.17) is 0 Å². The number of sulfone groups is 1. The van der Waals surface area contributed by atoms with Crippen molar-refractivity contribution in [3.05, 3.63) is 71.0 Å². The number of thiazole rings is 1. The molecule has 1 N–H and O–H groups in total. The summed E-state index contributed by atoms with van der Waals surface area (Å²) in [5.41, 5.74) is 1.02. The molecule has 26 heavy (non-hydrogen) atoms. The first-order valence-corrected chi connectivity index (χ1v) is 9.91. The van der Waals surface area contributed by atoms with E-state index < -0.39 is 15.9 Å². The lowest BCUT2D eigenvalue weighted by Crippen LogP contribution is -2.10. The summed E-state index contributed by atoms with van der Waals surface area (Å²) in [6.45, 7) is 1.76. The minimum atomic E-state index is -3.80. The fourth-order valence-corrected chi connectivity index (χ4v) is 4.60. The molecular formula is C18H13FN3O2S2. The van der Waals surface area contributed by atoms with Crippen LogP contribution in [-0.4, -0.2) is 13.4 Å². The summed E-state index contributed by atoms with van der Waals surface area (Å²) in [5, 5.41) is 13.9. The van der Waals surface area contributed by atoms with Crippen LogP contribution in [0.1, 0.15) is 24.1 Å². The Morgan fingerprint density at radius 1 is 1.31 bits per heavy atom. The summed E-state index contributed by atoms with van der Waals surface area (Å²) in [6, 6.07) is 12.1. The molecule has 2 aromatic carbocycles. The van der Waals surface area contributed by atoms with Crippen molar-refractivity contribution in [2.75, 3.05) is 5.32 Å². The quantitative estimate of drug-likeness (QED) is 0.718. The lowest BCUT2D eigenvalue weighted by Gasteiger charge is -2.17. The highest BCUT2D eigenvalue weighted by Crippen LogP contribution is 2.28. The lowest BCUT2D eigenvalue weighted by molar-refractivity contribution is 0.595. The maximum absolute atomic E-state index is 13.9. The second kappa shape index (κ2) is 7.23. The van der Waals surface area contributed by atoms with Crippen LogP contribution >= 0.6 is 11.3 Å². The van der Waals surface area contributed by atoms with E-state index in [1.165, 1.54) is 29.6 Å². The fraction of sp³-hybridized carbons (Fsp3) is 0.111. The summed E-state index contributed by atoms with van der Waals surface area (Å²) in [4.78, 5) is 3.68. The Kier molecular flexibility index (Phi) is 5.02. The van der Waals surface area contributed by atoms with Gasteiger partial charge in [-0.1, -0.05) is 18.2 Å². The summed E-state index contributed by atoms with van der Waals surface area (Å²) in [5.74, 6) is -0.356. The highest BCUT2D eigenvalue weighted by molar-refractivity contribution is 7.93. The van der Waals surface area contributed by atoms with E-state index in [1.54, 1.807) is 25.1 Å². The van der Waals surface area contributed by atoms with Gasteiger partial charge in [-0.3, -0.25) is 0 Å². The lowest BCUT2D eigenvalue weighted by atomic mass is 10.1. The van der Waals surface area contributed by atoms with E-state index in [2.05, 4.69) is 16.5 Å². The third-order valence-corrected chi connectivity index (χ3v) is 6.65. The smallest absolute Gasteiger partial charge is 0.233 e. The number of anilines is 1. The average Bonchev–Trinajstić information content (AvgIpc) is 3.17. The van der Waals surface area contributed by atoms with Gasteiger partial charge in [-0.15, -0.1) is 11.3 Å². The molecule has 0 aliphatic rings. The highest BCUT2D eigenvalue weighted by atomic mass is 32.2. The highest BCUT2D eigenvalue weighted by Gasteiger charge is 2.22. The minimum Gasteiger partial charge on any atom is -0.377 e. The zero-order chi connectivity index (χ0) is 18.7. The first-order chi connectivity index (χ1) is 12.4. The van der Waals surface area contributed by atoms with Crippen LogP contribution in [-0.2, 0) is 9.84 Å². The van der Waals surface area contributed by atoms with Gasteiger partial charge in [0.2, 0.25) is 14.2 Å². The number of hydrogen-bond donors (Lipinski definition) is 1. The molecule has 1 heterocycles. The SMILES string of the molecule is C[C@H](Nc1ccc(S(=O)(=O)c2n[c]cs2)cc1C#N)c1ccccc1F. The molecule has 0 fully saturated rings.